The number of nitrogens with one attached hydrogen (secondary N) is 1. The van der Waals surface area contributed by atoms with Crippen molar-refractivity contribution in [2.75, 3.05) is 11.9 Å². The van der Waals surface area contributed by atoms with Gasteiger partial charge in [0.25, 0.3) is 5.91 Å². The second-order valence-corrected chi connectivity index (χ2v) is 5.38. The molecule has 0 saturated carbocycles. The molecule has 0 aromatic heterocycles. The Labute approximate surface area is 151 Å². The van der Waals surface area contributed by atoms with E-state index >= 15 is 0 Å². The Morgan fingerprint density at radius 3 is 2.50 bits per heavy atom. The minimum Gasteiger partial charge on any atom is -0.494 e. The molecule has 0 bridgehead atoms. The lowest BCUT2D eigenvalue weighted by molar-refractivity contribution is -0.148. The van der Waals surface area contributed by atoms with Gasteiger partial charge in [0.05, 0.1) is 6.61 Å². The molecule has 136 valence electrons. The van der Waals surface area contributed by atoms with Crippen molar-refractivity contribution in [3.8, 4) is 5.75 Å². The number of rotatable bonds is 7. The molecule has 2 aromatic carbocycles. The summed E-state index contributed by atoms with van der Waals surface area (Å²) < 4.78 is 23.8. The lowest BCUT2D eigenvalue weighted by Crippen LogP contribution is -2.29. The molecular formula is C20H20FNO4. The third-order valence-electron chi connectivity index (χ3n) is 3.40. The number of benzene rings is 2. The van der Waals surface area contributed by atoms with Crippen LogP contribution in [0.25, 0.3) is 6.08 Å². The molecule has 0 spiro atoms. The second-order valence-electron chi connectivity index (χ2n) is 5.38. The number of hydrogen-bond donors (Lipinski definition) is 1. The molecule has 1 N–H and O–H groups in total. The Morgan fingerprint density at radius 1 is 1.15 bits per heavy atom. The molecule has 0 unspecified atom stereocenters. The van der Waals surface area contributed by atoms with Gasteiger partial charge >= 0.3 is 5.97 Å². The number of amides is 1. The minimum absolute atomic E-state index is 0.260. The van der Waals surface area contributed by atoms with Gasteiger partial charge in [-0.15, -0.1) is 0 Å². The van der Waals surface area contributed by atoms with E-state index in [4.69, 9.17) is 9.47 Å². The van der Waals surface area contributed by atoms with Gasteiger partial charge in [-0.1, -0.05) is 18.2 Å². The standard InChI is InChI=1S/C20H20FNO4/c1-3-25-17-11-9-16(10-12-17)22-20(24)14(2)26-19(23)13-8-15-6-4-5-7-18(15)21/h4-14H,3H2,1-2H3,(H,22,24)/b13-8+/t14-/m0/s1. The molecule has 0 heterocycles. The molecule has 2 aromatic rings. The van der Waals surface area contributed by atoms with Crippen LogP contribution in [0, 0.1) is 5.82 Å². The summed E-state index contributed by atoms with van der Waals surface area (Å²) >= 11 is 0. The number of halogens is 1. The van der Waals surface area contributed by atoms with Crippen molar-refractivity contribution in [1.82, 2.24) is 0 Å². The van der Waals surface area contributed by atoms with Gasteiger partial charge < -0.3 is 14.8 Å². The number of esters is 1. The fourth-order valence-corrected chi connectivity index (χ4v) is 2.08. The molecule has 1 atom stereocenters. The molecule has 0 radical (unpaired) electrons. The maximum Gasteiger partial charge on any atom is 0.331 e. The van der Waals surface area contributed by atoms with Gasteiger partial charge in [-0.25, -0.2) is 9.18 Å². The number of carbonyl (C=O) groups excluding carboxylic acids is 2. The zero-order valence-corrected chi connectivity index (χ0v) is 14.6. The summed E-state index contributed by atoms with van der Waals surface area (Å²) in [5, 5.41) is 2.64. The van der Waals surface area contributed by atoms with Crippen LogP contribution in [-0.2, 0) is 14.3 Å². The van der Waals surface area contributed by atoms with Gasteiger partial charge in [-0.2, -0.15) is 0 Å². The van der Waals surface area contributed by atoms with Crippen LogP contribution in [0.4, 0.5) is 10.1 Å². The van der Waals surface area contributed by atoms with E-state index in [2.05, 4.69) is 5.32 Å². The summed E-state index contributed by atoms with van der Waals surface area (Å²) in [4.78, 5) is 23.9. The Balaban J connectivity index is 1.87. The molecule has 2 rings (SSSR count). The summed E-state index contributed by atoms with van der Waals surface area (Å²) in [6.45, 7) is 3.89. The lowest BCUT2D eigenvalue weighted by Gasteiger charge is -2.12. The molecule has 0 fully saturated rings. The number of carbonyl (C=O) groups is 2. The van der Waals surface area contributed by atoms with E-state index in [1.54, 1.807) is 36.4 Å². The van der Waals surface area contributed by atoms with Crippen LogP contribution in [-0.4, -0.2) is 24.6 Å². The van der Waals surface area contributed by atoms with E-state index in [-0.39, 0.29) is 5.56 Å². The first-order chi connectivity index (χ1) is 12.5. The molecule has 0 saturated heterocycles. The smallest absolute Gasteiger partial charge is 0.331 e. The van der Waals surface area contributed by atoms with E-state index in [0.29, 0.717) is 18.0 Å². The summed E-state index contributed by atoms with van der Waals surface area (Å²) in [6, 6.07) is 12.9. The highest BCUT2D eigenvalue weighted by Gasteiger charge is 2.16. The Bertz CT molecular complexity index is 787. The minimum atomic E-state index is -1.00. The first kappa shape index (κ1) is 19.2. The topological polar surface area (TPSA) is 64.6 Å². The molecule has 5 nitrogen and oxygen atoms in total. The van der Waals surface area contributed by atoms with Crippen molar-refractivity contribution in [3.05, 3.63) is 66.0 Å². The molecule has 0 aliphatic rings. The first-order valence-corrected chi connectivity index (χ1v) is 8.16. The highest BCUT2D eigenvalue weighted by atomic mass is 19.1. The Morgan fingerprint density at radius 2 is 1.85 bits per heavy atom. The van der Waals surface area contributed by atoms with Gasteiger partial charge in [0.1, 0.15) is 11.6 Å². The molecular weight excluding hydrogens is 337 g/mol. The SMILES string of the molecule is CCOc1ccc(NC(=O)[C@H](C)OC(=O)/C=C/c2ccccc2F)cc1. The van der Waals surface area contributed by atoms with Crippen molar-refractivity contribution in [2.45, 2.75) is 20.0 Å². The van der Waals surface area contributed by atoms with Crippen LogP contribution >= 0.6 is 0 Å². The van der Waals surface area contributed by atoms with Gasteiger partial charge in [0.15, 0.2) is 6.10 Å². The molecule has 6 heteroatoms. The van der Waals surface area contributed by atoms with Gasteiger partial charge in [-0.05, 0) is 50.3 Å². The summed E-state index contributed by atoms with van der Waals surface area (Å²) in [6.07, 6.45) is 1.38. The normalized spacial score (nSPS) is 11.8. The van der Waals surface area contributed by atoms with Crippen LogP contribution in [0.1, 0.15) is 19.4 Å². The van der Waals surface area contributed by atoms with Crippen LogP contribution in [0.15, 0.2) is 54.6 Å². The lowest BCUT2D eigenvalue weighted by atomic mass is 10.2. The van der Waals surface area contributed by atoms with E-state index in [0.717, 1.165) is 6.08 Å². The average molecular weight is 357 g/mol. The second kappa shape index (κ2) is 9.36. The summed E-state index contributed by atoms with van der Waals surface area (Å²) in [5.74, 6) is -0.953. The monoisotopic (exact) mass is 357 g/mol. The number of hydrogen-bond acceptors (Lipinski definition) is 4. The Kier molecular flexibility index (Phi) is 6.91. The summed E-state index contributed by atoms with van der Waals surface area (Å²) in [5.41, 5.74) is 0.819. The zero-order chi connectivity index (χ0) is 18.9. The van der Waals surface area contributed by atoms with Gasteiger partial charge in [0.2, 0.25) is 0 Å². The molecule has 0 aliphatic carbocycles. The predicted molar refractivity (Wildman–Crippen MR) is 97.2 cm³/mol. The van der Waals surface area contributed by atoms with Gasteiger partial charge in [0, 0.05) is 17.3 Å². The van der Waals surface area contributed by atoms with Crippen molar-refractivity contribution in [1.29, 1.82) is 0 Å². The van der Waals surface area contributed by atoms with Gasteiger partial charge in [-0.3, -0.25) is 4.79 Å². The van der Waals surface area contributed by atoms with Crippen LogP contribution < -0.4 is 10.1 Å². The Hall–Kier alpha value is -3.15. The predicted octanol–water partition coefficient (Wildman–Crippen LogP) is 3.81. The largest absolute Gasteiger partial charge is 0.494 e. The molecule has 0 aliphatic heterocycles. The fourth-order valence-electron chi connectivity index (χ4n) is 2.08. The maximum absolute atomic E-state index is 13.5. The van der Waals surface area contributed by atoms with E-state index in [1.165, 1.54) is 25.1 Å². The first-order valence-electron chi connectivity index (χ1n) is 8.16. The number of anilines is 1. The molecule has 26 heavy (non-hydrogen) atoms. The van der Waals surface area contributed by atoms with E-state index < -0.39 is 23.8 Å². The van der Waals surface area contributed by atoms with Crippen LogP contribution in [0.3, 0.4) is 0 Å². The average Bonchev–Trinajstić information content (AvgIpc) is 2.63. The highest BCUT2D eigenvalue weighted by molar-refractivity contribution is 5.96. The van der Waals surface area contributed by atoms with Crippen molar-refractivity contribution >= 4 is 23.6 Å². The summed E-state index contributed by atoms with van der Waals surface area (Å²) in [7, 11) is 0. The van der Waals surface area contributed by atoms with Crippen LogP contribution in [0.2, 0.25) is 0 Å². The highest BCUT2D eigenvalue weighted by Crippen LogP contribution is 2.16. The van der Waals surface area contributed by atoms with Crippen molar-refractivity contribution in [2.24, 2.45) is 0 Å². The fraction of sp³-hybridized carbons (Fsp3) is 0.200. The number of ether oxygens (including phenoxy) is 2. The van der Waals surface area contributed by atoms with E-state index in [1.807, 2.05) is 6.92 Å². The van der Waals surface area contributed by atoms with Crippen molar-refractivity contribution < 1.29 is 23.5 Å². The van der Waals surface area contributed by atoms with Crippen molar-refractivity contribution in [3.63, 3.8) is 0 Å². The third-order valence-corrected chi connectivity index (χ3v) is 3.40. The molecule has 1 amide bonds. The van der Waals surface area contributed by atoms with Crippen LogP contribution in [0.5, 0.6) is 5.75 Å². The zero-order valence-electron chi connectivity index (χ0n) is 14.6. The third kappa shape index (κ3) is 5.73. The maximum atomic E-state index is 13.5. The van der Waals surface area contributed by atoms with E-state index in [9.17, 15) is 14.0 Å². The quantitative estimate of drug-likeness (QED) is 0.605.